The summed E-state index contributed by atoms with van der Waals surface area (Å²) in [6, 6.07) is 12.6. The van der Waals surface area contributed by atoms with Gasteiger partial charge in [-0.1, -0.05) is 17.7 Å². The van der Waals surface area contributed by atoms with E-state index < -0.39 is 9.84 Å². The first-order valence-corrected chi connectivity index (χ1v) is 11.6. The number of rotatable bonds is 3. The molecule has 3 rings (SSSR count). The topological polar surface area (TPSA) is 98.6 Å². The molecule has 0 aromatic heterocycles. The van der Waals surface area contributed by atoms with Gasteiger partial charge in [0, 0.05) is 38.0 Å². The third kappa shape index (κ3) is 4.81. The summed E-state index contributed by atoms with van der Waals surface area (Å²) in [6.45, 7) is 1.61. The fourth-order valence-corrected chi connectivity index (χ4v) is 4.27. The molecule has 0 spiro atoms. The van der Waals surface area contributed by atoms with Gasteiger partial charge in [0.15, 0.2) is 9.84 Å². The largest absolute Gasteiger partial charge is 0.337 e. The van der Waals surface area contributed by atoms with Crippen molar-refractivity contribution < 1.29 is 18.0 Å². The monoisotopic (exact) mass is 445 g/mol. The van der Waals surface area contributed by atoms with Gasteiger partial charge in [-0.2, -0.15) is 5.26 Å². The number of nitriles is 1. The molecule has 0 atom stereocenters. The number of benzene rings is 2. The van der Waals surface area contributed by atoms with E-state index in [4.69, 9.17) is 16.9 Å². The van der Waals surface area contributed by atoms with E-state index in [9.17, 15) is 18.0 Å². The molecule has 0 aliphatic carbocycles. The van der Waals surface area contributed by atoms with Gasteiger partial charge < -0.3 is 9.80 Å². The lowest BCUT2D eigenvalue weighted by Crippen LogP contribution is -2.37. The number of hydrogen-bond acceptors (Lipinski definition) is 5. The van der Waals surface area contributed by atoms with Crippen LogP contribution in [0.1, 0.15) is 32.7 Å². The minimum Gasteiger partial charge on any atom is -0.337 e. The van der Waals surface area contributed by atoms with Crippen LogP contribution >= 0.6 is 11.6 Å². The lowest BCUT2D eigenvalue weighted by atomic mass is 10.1. The number of halogens is 1. The molecule has 0 radical (unpaired) electrons. The van der Waals surface area contributed by atoms with Crippen molar-refractivity contribution >= 4 is 33.3 Å². The van der Waals surface area contributed by atoms with Gasteiger partial charge in [0.05, 0.1) is 27.1 Å². The molecule has 0 N–H and O–H groups in total. The van der Waals surface area contributed by atoms with Gasteiger partial charge in [-0.15, -0.1) is 0 Å². The van der Waals surface area contributed by atoms with Crippen LogP contribution in [0.5, 0.6) is 0 Å². The quantitative estimate of drug-likeness (QED) is 0.723. The van der Waals surface area contributed by atoms with E-state index in [0.29, 0.717) is 43.7 Å². The minimum absolute atomic E-state index is 0.0521. The first kappa shape index (κ1) is 21.8. The van der Waals surface area contributed by atoms with Crippen molar-refractivity contribution in [1.29, 1.82) is 5.26 Å². The highest BCUT2D eigenvalue weighted by atomic mass is 35.5. The Kier molecular flexibility index (Phi) is 6.44. The molecule has 1 fully saturated rings. The van der Waals surface area contributed by atoms with Crippen molar-refractivity contribution in [2.45, 2.75) is 11.3 Å². The molecule has 0 saturated carbocycles. The van der Waals surface area contributed by atoms with Crippen LogP contribution in [0.15, 0.2) is 47.4 Å². The molecule has 7 nitrogen and oxygen atoms in total. The number of carbonyl (C=O) groups excluding carboxylic acids is 2. The molecule has 1 saturated heterocycles. The zero-order chi connectivity index (χ0) is 21.9. The summed E-state index contributed by atoms with van der Waals surface area (Å²) < 4.78 is 23.3. The first-order valence-electron chi connectivity index (χ1n) is 9.29. The first-order chi connectivity index (χ1) is 14.2. The van der Waals surface area contributed by atoms with Crippen LogP contribution in [0.2, 0.25) is 5.02 Å². The standard InChI is InChI=1S/C21H20ClN3O4S/c1-30(28,29)17-6-7-18(19(22)13-17)21(27)25-9-3-8-24(10-11-25)20(26)16-5-2-4-15(12-16)14-23/h2,4-7,12-13H,3,8-11H2,1H3. The Hall–Kier alpha value is -2.89. The maximum absolute atomic E-state index is 12.9. The molecular weight excluding hydrogens is 426 g/mol. The normalized spacial score (nSPS) is 14.7. The van der Waals surface area contributed by atoms with Gasteiger partial charge in [-0.05, 0) is 42.8 Å². The molecule has 2 aromatic rings. The van der Waals surface area contributed by atoms with Gasteiger partial charge >= 0.3 is 0 Å². The number of hydrogen-bond donors (Lipinski definition) is 0. The Morgan fingerprint density at radius 3 is 2.27 bits per heavy atom. The lowest BCUT2D eigenvalue weighted by molar-refractivity contribution is 0.0719. The molecule has 30 heavy (non-hydrogen) atoms. The van der Waals surface area contributed by atoms with Crippen LogP contribution in [-0.2, 0) is 9.84 Å². The third-order valence-corrected chi connectivity index (χ3v) is 6.33. The molecule has 2 aromatic carbocycles. The van der Waals surface area contributed by atoms with Gasteiger partial charge in [0.2, 0.25) is 0 Å². The van der Waals surface area contributed by atoms with Crippen LogP contribution < -0.4 is 0 Å². The minimum atomic E-state index is -3.42. The molecule has 1 aliphatic heterocycles. The lowest BCUT2D eigenvalue weighted by Gasteiger charge is -2.23. The maximum atomic E-state index is 12.9. The Morgan fingerprint density at radius 1 is 1.00 bits per heavy atom. The summed E-state index contributed by atoms with van der Waals surface area (Å²) in [5, 5.41) is 9.10. The van der Waals surface area contributed by atoms with E-state index in [1.165, 1.54) is 18.2 Å². The smallest absolute Gasteiger partial charge is 0.255 e. The van der Waals surface area contributed by atoms with Crippen molar-refractivity contribution in [3.63, 3.8) is 0 Å². The fourth-order valence-electron chi connectivity index (χ4n) is 3.30. The Bertz CT molecular complexity index is 1140. The van der Waals surface area contributed by atoms with E-state index in [0.717, 1.165) is 6.26 Å². The van der Waals surface area contributed by atoms with E-state index in [1.807, 2.05) is 6.07 Å². The van der Waals surface area contributed by atoms with Crippen molar-refractivity contribution in [3.8, 4) is 6.07 Å². The average Bonchev–Trinajstić information content (AvgIpc) is 2.98. The predicted molar refractivity (Wildman–Crippen MR) is 112 cm³/mol. The van der Waals surface area contributed by atoms with Crippen molar-refractivity contribution in [3.05, 3.63) is 64.2 Å². The second-order valence-corrected chi connectivity index (χ2v) is 9.47. The van der Waals surface area contributed by atoms with Crippen molar-refractivity contribution in [2.75, 3.05) is 32.4 Å². The Labute approximate surface area is 180 Å². The van der Waals surface area contributed by atoms with Crippen molar-refractivity contribution in [2.24, 2.45) is 0 Å². The van der Waals surface area contributed by atoms with E-state index in [-0.39, 0.29) is 27.3 Å². The van der Waals surface area contributed by atoms with Crippen LogP contribution in [-0.4, -0.2) is 62.5 Å². The highest BCUT2D eigenvalue weighted by molar-refractivity contribution is 7.90. The molecule has 0 bridgehead atoms. The summed E-state index contributed by atoms with van der Waals surface area (Å²) in [6.07, 6.45) is 1.67. The molecule has 1 heterocycles. The summed E-state index contributed by atoms with van der Waals surface area (Å²) >= 11 is 6.18. The van der Waals surface area contributed by atoms with Crippen LogP contribution in [0, 0.1) is 11.3 Å². The molecule has 156 valence electrons. The molecule has 1 aliphatic rings. The van der Waals surface area contributed by atoms with Gasteiger partial charge in [-0.25, -0.2) is 8.42 Å². The van der Waals surface area contributed by atoms with Gasteiger partial charge in [-0.3, -0.25) is 9.59 Å². The van der Waals surface area contributed by atoms with Crippen LogP contribution in [0.4, 0.5) is 0 Å². The number of nitrogens with zero attached hydrogens (tertiary/aromatic N) is 3. The van der Waals surface area contributed by atoms with Crippen LogP contribution in [0.25, 0.3) is 0 Å². The van der Waals surface area contributed by atoms with Gasteiger partial charge in [0.1, 0.15) is 0 Å². The summed E-state index contributed by atoms with van der Waals surface area (Å²) in [7, 11) is -3.42. The maximum Gasteiger partial charge on any atom is 0.255 e. The Morgan fingerprint density at radius 2 is 1.67 bits per heavy atom. The highest BCUT2D eigenvalue weighted by Crippen LogP contribution is 2.23. The van der Waals surface area contributed by atoms with E-state index >= 15 is 0 Å². The Balaban J connectivity index is 1.72. The summed E-state index contributed by atoms with van der Waals surface area (Å²) in [4.78, 5) is 29.0. The second-order valence-electron chi connectivity index (χ2n) is 7.04. The number of amides is 2. The second kappa shape index (κ2) is 8.86. The molecular formula is C21H20ClN3O4S. The number of sulfone groups is 1. The van der Waals surface area contributed by atoms with Gasteiger partial charge in [0.25, 0.3) is 11.8 Å². The predicted octanol–water partition coefficient (Wildman–Crippen LogP) is 2.60. The van der Waals surface area contributed by atoms with Crippen LogP contribution in [0.3, 0.4) is 0 Å². The average molecular weight is 446 g/mol. The van der Waals surface area contributed by atoms with E-state index in [1.54, 1.807) is 34.1 Å². The SMILES string of the molecule is CS(=O)(=O)c1ccc(C(=O)N2CCCN(C(=O)c3cccc(C#N)c3)CC2)c(Cl)c1. The van der Waals surface area contributed by atoms with E-state index in [2.05, 4.69) is 0 Å². The molecule has 9 heteroatoms. The summed E-state index contributed by atoms with van der Waals surface area (Å²) in [5.74, 6) is -0.488. The number of carbonyl (C=O) groups is 2. The zero-order valence-corrected chi connectivity index (χ0v) is 17.9. The zero-order valence-electron chi connectivity index (χ0n) is 16.3. The third-order valence-electron chi connectivity index (χ3n) is 4.91. The molecule has 0 unspecified atom stereocenters. The van der Waals surface area contributed by atoms with Crippen molar-refractivity contribution in [1.82, 2.24) is 9.80 Å². The fraction of sp³-hybridized carbons (Fsp3) is 0.286. The molecule has 2 amide bonds. The summed E-state index contributed by atoms with van der Waals surface area (Å²) in [5.41, 5.74) is 1.08. The highest BCUT2D eigenvalue weighted by Gasteiger charge is 2.25.